The molecule has 0 aliphatic carbocycles. The van der Waals surface area contributed by atoms with Crippen LogP contribution in [0.2, 0.25) is 0 Å². The Bertz CT molecular complexity index is 528. The van der Waals surface area contributed by atoms with Crippen LogP contribution in [0.15, 0.2) is 24.3 Å². The Kier molecular flexibility index (Phi) is 3.47. The highest BCUT2D eigenvalue weighted by Gasteiger charge is 2.38. The predicted molar refractivity (Wildman–Crippen MR) is 68.9 cm³/mol. The van der Waals surface area contributed by atoms with Gasteiger partial charge < -0.3 is 9.47 Å². The van der Waals surface area contributed by atoms with Gasteiger partial charge in [-0.1, -0.05) is 12.1 Å². The molecule has 0 atom stereocenters. The Morgan fingerprint density at radius 3 is 2.28 bits per heavy atom. The summed E-state index contributed by atoms with van der Waals surface area (Å²) >= 11 is 0. The van der Waals surface area contributed by atoms with Gasteiger partial charge in [-0.05, 0) is 12.1 Å². The van der Waals surface area contributed by atoms with Crippen molar-refractivity contribution in [1.82, 2.24) is 0 Å². The fourth-order valence-electron chi connectivity index (χ4n) is 1.91. The molecule has 18 heavy (non-hydrogen) atoms. The standard InChI is InChI=1S/C11H16N2O4S/c1-12-9-6-4-5-7-10(9)13(18(12,14)15)8-11(16-2)17-3/h4-7,11H,8H2,1-3H3. The maximum atomic E-state index is 12.3. The van der Waals surface area contributed by atoms with Crippen molar-refractivity contribution in [1.29, 1.82) is 0 Å². The Labute approximate surface area is 107 Å². The first-order valence-corrected chi connectivity index (χ1v) is 6.83. The van der Waals surface area contributed by atoms with Crippen LogP contribution in [-0.4, -0.2) is 42.5 Å². The SMILES string of the molecule is COC(CN1c2ccccc2N(C)S1(=O)=O)OC. The fourth-order valence-corrected chi connectivity index (χ4v) is 3.32. The zero-order valence-corrected chi connectivity index (χ0v) is 11.3. The second kappa shape index (κ2) is 4.75. The molecule has 1 aliphatic rings. The molecule has 1 aromatic carbocycles. The number of ether oxygens (including phenoxy) is 2. The number of anilines is 2. The molecular formula is C11H16N2O4S. The number of para-hydroxylation sites is 2. The minimum absolute atomic E-state index is 0.122. The maximum Gasteiger partial charge on any atom is 0.326 e. The van der Waals surface area contributed by atoms with E-state index < -0.39 is 16.5 Å². The molecule has 100 valence electrons. The summed E-state index contributed by atoms with van der Waals surface area (Å²) in [6.07, 6.45) is -0.598. The van der Waals surface area contributed by atoms with Crippen LogP contribution in [0.1, 0.15) is 0 Å². The van der Waals surface area contributed by atoms with E-state index >= 15 is 0 Å². The molecule has 0 radical (unpaired) electrons. The normalized spacial score (nSPS) is 17.3. The number of fused-ring (bicyclic) bond motifs is 1. The van der Waals surface area contributed by atoms with Gasteiger partial charge in [0.2, 0.25) is 0 Å². The van der Waals surface area contributed by atoms with Crippen LogP contribution >= 0.6 is 0 Å². The molecule has 0 spiro atoms. The monoisotopic (exact) mass is 272 g/mol. The van der Waals surface area contributed by atoms with Crippen LogP contribution in [0, 0.1) is 0 Å². The first-order chi connectivity index (χ1) is 8.52. The Morgan fingerprint density at radius 1 is 1.17 bits per heavy atom. The van der Waals surface area contributed by atoms with E-state index in [1.807, 2.05) is 0 Å². The van der Waals surface area contributed by atoms with Gasteiger partial charge in [-0.3, -0.25) is 4.31 Å². The summed E-state index contributed by atoms with van der Waals surface area (Å²) in [6.45, 7) is 0.122. The van der Waals surface area contributed by atoms with Gasteiger partial charge in [0.05, 0.1) is 17.9 Å². The van der Waals surface area contributed by atoms with Crippen LogP contribution in [0.3, 0.4) is 0 Å². The van der Waals surface area contributed by atoms with Gasteiger partial charge in [-0.25, -0.2) is 4.31 Å². The molecule has 6 nitrogen and oxygen atoms in total. The maximum absolute atomic E-state index is 12.3. The van der Waals surface area contributed by atoms with Crippen molar-refractivity contribution in [2.75, 3.05) is 36.4 Å². The molecule has 1 heterocycles. The molecule has 0 saturated heterocycles. The zero-order valence-electron chi connectivity index (χ0n) is 10.5. The number of benzene rings is 1. The lowest BCUT2D eigenvalue weighted by molar-refractivity contribution is -0.0931. The Hall–Kier alpha value is -1.31. The van der Waals surface area contributed by atoms with E-state index in [1.54, 1.807) is 24.3 Å². The minimum Gasteiger partial charge on any atom is -0.354 e. The summed E-state index contributed by atoms with van der Waals surface area (Å²) in [6, 6.07) is 7.13. The highest BCUT2D eigenvalue weighted by atomic mass is 32.2. The van der Waals surface area contributed by atoms with Gasteiger partial charge in [-0.15, -0.1) is 0 Å². The average Bonchev–Trinajstić information content (AvgIpc) is 2.56. The predicted octanol–water partition coefficient (Wildman–Crippen LogP) is 0.806. The van der Waals surface area contributed by atoms with Crippen molar-refractivity contribution in [3.8, 4) is 0 Å². The summed E-state index contributed by atoms with van der Waals surface area (Å²) in [5, 5.41) is 0. The van der Waals surface area contributed by atoms with Gasteiger partial charge in [0, 0.05) is 21.3 Å². The van der Waals surface area contributed by atoms with Crippen LogP contribution in [-0.2, 0) is 19.7 Å². The first-order valence-electron chi connectivity index (χ1n) is 5.43. The van der Waals surface area contributed by atoms with Crippen LogP contribution in [0.25, 0.3) is 0 Å². The molecule has 0 amide bonds. The summed E-state index contributed by atoms with van der Waals surface area (Å²) < 4.78 is 37.2. The number of rotatable bonds is 4. The summed E-state index contributed by atoms with van der Waals surface area (Å²) in [5.74, 6) is 0. The third-order valence-electron chi connectivity index (χ3n) is 2.95. The lowest BCUT2D eigenvalue weighted by Gasteiger charge is -2.23. The largest absolute Gasteiger partial charge is 0.354 e. The zero-order chi connectivity index (χ0) is 13.3. The Morgan fingerprint density at radius 2 is 1.72 bits per heavy atom. The highest BCUT2D eigenvalue weighted by molar-refractivity contribution is 7.94. The fraction of sp³-hybridized carbons (Fsp3) is 0.455. The van der Waals surface area contributed by atoms with E-state index in [-0.39, 0.29) is 6.54 Å². The number of methoxy groups -OCH3 is 2. The molecule has 0 fully saturated rings. The first kappa shape index (κ1) is 13.1. The molecule has 7 heteroatoms. The van der Waals surface area contributed by atoms with Crippen molar-refractivity contribution in [2.45, 2.75) is 6.29 Å². The molecule has 0 N–H and O–H groups in total. The molecule has 0 aromatic heterocycles. The molecular weight excluding hydrogens is 256 g/mol. The van der Waals surface area contributed by atoms with Gasteiger partial charge in [0.1, 0.15) is 0 Å². The van der Waals surface area contributed by atoms with E-state index in [4.69, 9.17) is 9.47 Å². The third-order valence-corrected chi connectivity index (χ3v) is 4.75. The van der Waals surface area contributed by atoms with E-state index in [2.05, 4.69) is 0 Å². The summed E-state index contributed by atoms with van der Waals surface area (Å²) in [7, 11) is 0.954. The van der Waals surface area contributed by atoms with Crippen molar-refractivity contribution < 1.29 is 17.9 Å². The molecule has 1 aromatic rings. The quantitative estimate of drug-likeness (QED) is 0.761. The second-order valence-corrected chi connectivity index (χ2v) is 5.78. The van der Waals surface area contributed by atoms with Gasteiger partial charge >= 0.3 is 10.2 Å². The number of hydrogen-bond donors (Lipinski definition) is 0. The van der Waals surface area contributed by atoms with Crippen molar-refractivity contribution in [2.24, 2.45) is 0 Å². The highest BCUT2D eigenvalue weighted by Crippen LogP contribution is 2.39. The summed E-state index contributed by atoms with van der Waals surface area (Å²) in [4.78, 5) is 0. The van der Waals surface area contributed by atoms with Crippen molar-refractivity contribution in [3.63, 3.8) is 0 Å². The van der Waals surface area contributed by atoms with Crippen molar-refractivity contribution >= 4 is 21.6 Å². The van der Waals surface area contributed by atoms with Gasteiger partial charge in [0.15, 0.2) is 6.29 Å². The van der Waals surface area contributed by atoms with Crippen molar-refractivity contribution in [3.05, 3.63) is 24.3 Å². The summed E-state index contributed by atoms with van der Waals surface area (Å²) in [5.41, 5.74) is 1.29. The smallest absolute Gasteiger partial charge is 0.326 e. The van der Waals surface area contributed by atoms with Crippen LogP contribution < -0.4 is 8.61 Å². The molecule has 0 bridgehead atoms. The van der Waals surface area contributed by atoms with E-state index in [0.717, 1.165) is 0 Å². The minimum atomic E-state index is -3.53. The molecule has 1 aliphatic heterocycles. The lowest BCUT2D eigenvalue weighted by atomic mass is 10.2. The number of hydrogen-bond acceptors (Lipinski definition) is 4. The van der Waals surface area contributed by atoms with E-state index in [9.17, 15) is 8.42 Å². The van der Waals surface area contributed by atoms with Crippen LogP contribution in [0.5, 0.6) is 0 Å². The third kappa shape index (κ3) is 1.94. The molecule has 0 saturated carbocycles. The second-order valence-electron chi connectivity index (χ2n) is 3.90. The molecule has 2 rings (SSSR count). The van der Waals surface area contributed by atoms with Crippen LogP contribution in [0.4, 0.5) is 11.4 Å². The lowest BCUT2D eigenvalue weighted by Crippen LogP contribution is -2.41. The van der Waals surface area contributed by atoms with Gasteiger partial charge in [0.25, 0.3) is 0 Å². The van der Waals surface area contributed by atoms with E-state index in [0.29, 0.717) is 11.4 Å². The number of nitrogens with zero attached hydrogens (tertiary/aromatic N) is 2. The molecule has 0 unspecified atom stereocenters. The average molecular weight is 272 g/mol. The van der Waals surface area contributed by atoms with E-state index in [1.165, 1.54) is 29.9 Å². The Balaban J connectivity index is 2.40. The topological polar surface area (TPSA) is 59.1 Å². The van der Waals surface area contributed by atoms with Gasteiger partial charge in [-0.2, -0.15) is 8.42 Å².